The minimum absolute atomic E-state index is 0.0480. The van der Waals surface area contributed by atoms with E-state index in [2.05, 4.69) is 37.5 Å². The Labute approximate surface area is 200 Å². The summed E-state index contributed by atoms with van der Waals surface area (Å²) < 4.78 is 4.15. The highest BCUT2D eigenvalue weighted by Gasteiger charge is 2.09. The van der Waals surface area contributed by atoms with Crippen molar-refractivity contribution >= 4 is 23.6 Å². The molecular weight excluding hydrogens is 428 g/mol. The maximum atomic E-state index is 12.4. The van der Waals surface area contributed by atoms with E-state index < -0.39 is 0 Å². The van der Waals surface area contributed by atoms with Crippen molar-refractivity contribution in [3.63, 3.8) is 0 Å². The fourth-order valence-electron chi connectivity index (χ4n) is 3.51. The van der Waals surface area contributed by atoms with Gasteiger partial charge in [-0.15, -0.1) is 0 Å². The topological polar surface area (TPSA) is 93.2 Å². The van der Waals surface area contributed by atoms with Crippen LogP contribution in [0.5, 0.6) is 0 Å². The molecule has 0 saturated heterocycles. The van der Waals surface area contributed by atoms with E-state index in [9.17, 15) is 9.59 Å². The second-order valence-corrected chi connectivity index (χ2v) is 7.77. The number of anilines is 1. The molecule has 176 valence electrons. The Bertz CT molecular complexity index is 1110. The van der Waals surface area contributed by atoms with Crippen LogP contribution >= 0.6 is 0 Å². The molecule has 7 heteroatoms. The van der Waals surface area contributed by atoms with Gasteiger partial charge < -0.3 is 15.4 Å². The summed E-state index contributed by atoms with van der Waals surface area (Å²) in [5, 5.41) is 6.23. The van der Waals surface area contributed by atoms with Crippen LogP contribution in [-0.4, -0.2) is 42.0 Å². The lowest BCUT2D eigenvalue weighted by Crippen LogP contribution is -2.20. The number of amides is 1. The highest BCUT2D eigenvalue weighted by Crippen LogP contribution is 2.21. The van der Waals surface area contributed by atoms with Gasteiger partial charge in [-0.2, -0.15) is 0 Å². The number of ether oxygens (including phenoxy) is 1. The number of hydrogen-bond donors (Lipinski definition) is 2. The van der Waals surface area contributed by atoms with Crippen molar-refractivity contribution in [1.29, 1.82) is 0 Å². The molecule has 34 heavy (non-hydrogen) atoms. The molecule has 1 aromatic carbocycles. The van der Waals surface area contributed by atoms with Crippen LogP contribution in [0.3, 0.4) is 0 Å². The van der Waals surface area contributed by atoms with Crippen molar-refractivity contribution in [2.75, 3.05) is 25.0 Å². The molecule has 0 aliphatic carbocycles. The second-order valence-electron chi connectivity index (χ2n) is 7.77. The van der Waals surface area contributed by atoms with Gasteiger partial charge in [0.15, 0.2) is 0 Å². The minimum atomic E-state index is -0.0480. The molecule has 0 fully saturated rings. The summed E-state index contributed by atoms with van der Waals surface area (Å²) >= 11 is 0. The molecule has 3 aromatic rings. The maximum absolute atomic E-state index is 12.4. The summed E-state index contributed by atoms with van der Waals surface area (Å²) in [6, 6.07) is 16.0. The highest BCUT2D eigenvalue weighted by molar-refractivity contribution is 5.92. The lowest BCUT2D eigenvalue weighted by Gasteiger charge is -2.13. The first kappa shape index (κ1) is 24.8. The molecule has 1 amide bonds. The van der Waals surface area contributed by atoms with Crippen molar-refractivity contribution in [2.45, 2.75) is 26.7 Å². The molecule has 0 atom stereocenters. The molecule has 1 aliphatic rings. The second kappa shape index (κ2) is 13.0. The molecule has 3 heterocycles. The van der Waals surface area contributed by atoms with E-state index >= 15 is 0 Å². The van der Waals surface area contributed by atoms with Crippen LogP contribution in [0.2, 0.25) is 0 Å². The molecule has 0 radical (unpaired) electrons. The molecular formula is C27H30N4O3. The number of aryl methyl sites for hydroxylation is 1. The Morgan fingerprint density at radius 3 is 2.53 bits per heavy atom. The third kappa shape index (κ3) is 7.64. The summed E-state index contributed by atoms with van der Waals surface area (Å²) in [7, 11) is 0. The van der Waals surface area contributed by atoms with Gasteiger partial charge in [-0.25, -0.2) is 0 Å². The zero-order valence-corrected chi connectivity index (χ0v) is 19.6. The maximum Gasteiger partial charge on any atom is 0.293 e. The van der Waals surface area contributed by atoms with E-state index in [-0.39, 0.29) is 5.91 Å². The number of nitrogens with one attached hydrogen (secondary N) is 2. The normalized spacial score (nSPS) is 12.6. The first-order chi connectivity index (χ1) is 16.6. The first-order valence-corrected chi connectivity index (χ1v) is 11.3. The van der Waals surface area contributed by atoms with Crippen LogP contribution in [0.15, 0.2) is 67.0 Å². The number of aromatic nitrogens is 2. The molecule has 0 spiro atoms. The van der Waals surface area contributed by atoms with Gasteiger partial charge in [0.25, 0.3) is 6.47 Å². The molecule has 0 saturated carbocycles. The van der Waals surface area contributed by atoms with Gasteiger partial charge >= 0.3 is 0 Å². The predicted molar refractivity (Wildman–Crippen MR) is 134 cm³/mol. The zero-order chi connectivity index (χ0) is 24.2. The molecule has 2 aromatic heterocycles. The Morgan fingerprint density at radius 1 is 1.12 bits per heavy atom. The summed E-state index contributed by atoms with van der Waals surface area (Å²) in [5.74, 6) is -0.0480. The average molecular weight is 459 g/mol. The minimum Gasteiger partial charge on any atom is -0.468 e. The summed E-state index contributed by atoms with van der Waals surface area (Å²) in [6.45, 7) is 6.51. The van der Waals surface area contributed by atoms with Crippen molar-refractivity contribution in [3.05, 3.63) is 84.0 Å². The number of carbonyl (C=O) groups is 2. The van der Waals surface area contributed by atoms with Gasteiger partial charge in [-0.05, 0) is 73.3 Å². The monoisotopic (exact) mass is 458 g/mol. The van der Waals surface area contributed by atoms with Crippen LogP contribution in [0.4, 0.5) is 5.69 Å². The predicted octanol–water partition coefficient (Wildman–Crippen LogP) is 4.19. The summed E-state index contributed by atoms with van der Waals surface area (Å²) in [6.07, 6.45) is 7.01. The van der Waals surface area contributed by atoms with Crippen molar-refractivity contribution in [1.82, 2.24) is 15.3 Å². The van der Waals surface area contributed by atoms with Crippen molar-refractivity contribution in [2.24, 2.45) is 0 Å². The van der Waals surface area contributed by atoms with Gasteiger partial charge in [0.05, 0.1) is 30.6 Å². The molecule has 1 aliphatic heterocycles. The van der Waals surface area contributed by atoms with Gasteiger partial charge in [0.1, 0.15) is 0 Å². The molecule has 2 N–H and O–H groups in total. The summed E-state index contributed by atoms with van der Waals surface area (Å²) in [4.78, 5) is 30.3. The van der Waals surface area contributed by atoms with E-state index in [0.29, 0.717) is 19.5 Å². The van der Waals surface area contributed by atoms with Gasteiger partial charge in [-0.3, -0.25) is 19.6 Å². The lowest BCUT2D eigenvalue weighted by atomic mass is 10.0. The molecule has 7 nitrogen and oxygen atoms in total. The largest absolute Gasteiger partial charge is 0.468 e. The highest BCUT2D eigenvalue weighted by atomic mass is 16.5. The fraction of sp³-hybridized carbons (Fsp3) is 0.259. The average Bonchev–Trinajstić information content (AvgIpc) is 2.86. The number of benzene rings is 1. The number of hydrogen-bond acceptors (Lipinski definition) is 6. The van der Waals surface area contributed by atoms with E-state index in [1.807, 2.05) is 55.6 Å². The zero-order valence-electron chi connectivity index (χ0n) is 19.6. The number of nitrogens with zero attached hydrogens (tertiary/aromatic N) is 2. The van der Waals surface area contributed by atoms with Gasteiger partial charge in [0, 0.05) is 18.4 Å². The smallest absolute Gasteiger partial charge is 0.293 e. The quantitative estimate of drug-likeness (QED) is 0.516. The standard InChI is InChI=1S/C24H24N4O.C3H6O2/c1-17-14-21(10-13-26-17)19-4-2-18(3-5-19)15-24(29)28-22-6-7-23(27-16-22)20-8-11-25-12-9-20;1-2-5-3-4/h2-8,10,13-14,16,25H,9,11-12,15H2,1H3,(H,28,29);3H,2H2,1H3. The van der Waals surface area contributed by atoms with Crippen LogP contribution in [0.1, 0.15) is 30.3 Å². The number of pyridine rings is 2. The Morgan fingerprint density at radius 2 is 1.94 bits per heavy atom. The molecule has 4 rings (SSSR count). The number of carbonyl (C=O) groups excluding carboxylic acids is 2. The SMILES string of the molecule is CCOC=O.Cc1cc(-c2ccc(CC(=O)Nc3ccc(C4=CCNCC4)nc3)cc2)ccn1. The Kier molecular flexibility index (Phi) is 9.49. The van der Waals surface area contributed by atoms with E-state index in [4.69, 9.17) is 0 Å². The first-order valence-electron chi connectivity index (χ1n) is 11.3. The van der Waals surface area contributed by atoms with Crippen LogP contribution in [0.25, 0.3) is 16.7 Å². The van der Waals surface area contributed by atoms with E-state index in [0.717, 1.165) is 53.3 Å². The van der Waals surface area contributed by atoms with Crippen molar-refractivity contribution < 1.29 is 14.3 Å². The molecule has 0 unspecified atom stereocenters. The van der Waals surface area contributed by atoms with Crippen molar-refractivity contribution in [3.8, 4) is 11.1 Å². The number of rotatable bonds is 7. The summed E-state index contributed by atoms with van der Waals surface area (Å²) in [5.41, 5.74) is 7.16. The van der Waals surface area contributed by atoms with Gasteiger partial charge in [0.2, 0.25) is 5.91 Å². The van der Waals surface area contributed by atoms with Crippen LogP contribution in [0, 0.1) is 6.92 Å². The Hall–Kier alpha value is -3.84. The van der Waals surface area contributed by atoms with E-state index in [1.165, 1.54) is 5.57 Å². The van der Waals surface area contributed by atoms with Crippen LogP contribution < -0.4 is 10.6 Å². The van der Waals surface area contributed by atoms with Gasteiger partial charge in [-0.1, -0.05) is 30.3 Å². The Balaban J connectivity index is 0.000000588. The fourth-order valence-corrected chi connectivity index (χ4v) is 3.51. The van der Waals surface area contributed by atoms with E-state index in [1.54, 1.807) is 13.1 Å². The lowest BCUT2D eigenvalue weighted by molar-refractivity contribution is -0.128. The third-order valence-corrected chi connectivity index (χ3v) is 5.22. The molecule has 0 bridgehead atoms. The van der Waals surface area contributed by atoms with Crippen LogP contribution in [-0.2, 0) is 20.7 Å². The third-order valence-electron chi connectivity index (χ3n) is 5.22.